The van der Waals surface area contributed by atoms with Gasteiger partial charge < -0.3 is 5.32 Å². The van der Waals surface area contributed by atoms with Crippen molar-refractivity contribution >= 4 is 38.3 Å². The summed E-state index contributed by atoms with van der Waals surface area (Å²) in [5.41, 5.74) is -0.709. The van der Waals surface area contributed by atoms with Crippen LogP contribution in [0, 0.1) is 19.7 Å². The number of anilines is 3. The summed E-state index contributed by atoms with van der Waals surface area (Å²) in [6.07, 6.45) is 0.0539. The SMILES string of the molecule is Cc1ccc(Nc2c3c(=O)n(C4CC4)c(=O)n(-c4cccc(NS(=O)(=O)N5CC[C@@H](F)C5)c4)c3c(C)c(=O)n2C)c(F)c1. The molecule has 1 aliphatic heterocycles. The van der Waals surface area contributed by atoms with Crippen LogP contribution < -0.4 is 26.8 Å². The molecule has 2 aliphatic rings. The Bertz CT molecular complexity index is 2080. The summed E-state index contributed by atoms with van der Waals surface area (Å²) in [6, 6.07) is 10.1. The molecule has 0 unspecified atom stereocenters. The highest BCUT2D eigenvalue weighted by molar-refractivity contribution is 7.90. The van der Waals surface area contributed by atoms with Gasteiger partial charge in [-0.3, -0.25) is 28.0 Å². The predicted molar refractivity (Wildman–Crippen MR) is 160 cm³/mol. The first-order valence-electron chi connectivity index (χ1n) is 13.8. The minimum absolute atomic E-state index is 0.00288. The zero-order valence-electron chi connectivity index (χ0n) is 23.7. The molecular formula is C29H30F2N6O5S. The number of aromatic nitrogens is 3. The second-order valence-electron chi connectivity index (χ2n) is 11.1. The number of pyridine rings is 1. The molecule has 4 aromatic rings. The molecular weight excluding hydrogens is 582 g/mol. The van der Waals surface area contributed by atoms with Gasteiger partial charge in [-0.25, -0.2) is 13.6 Å². The Morgan fingerprint density at radius 1 is 0.977 bits per heavy atom. The van der Waals surface area contributed by atoms with E-state index in [1.807, 2.05) is 0 Å². The number of nitrogens with one attached hydrogen (secondary N) is 2. The minimum Gasteiger partial charge on any atom is -0.338 e. The van der Waals surface area contributed by atoms with Gasteiger partial charge in [0.2, 0.25) is 0 Å². The number of aryl methyl sites for hydroxylation is 2. The first-order chi connectivity index (χ1) is 20.4. The highest BCUT2D eigenvalue weighted by Crippen LogP contribution is 2.34. The van der Waals surface area contributed by atoms with Crippen molar-refractivity contribution in [1.29, 1.82) is 0 Å². The number of rotatable bonds is 7. The third-order valence-electron chi connectivity index (χ3n) is 7.92. The van der Waals surface area contributed by atoms with Crippen molar-refractivity contribution in [2.75, 3.05) is 23.1 Å². The molecule has 1 aliphatic carbocycles. The lowest BCUT2D eigenvalue weighted by molar-refractivity contribution is 0.343. The van der Waals surface area contributed by atoms with E-state index in [2.05, 4.69) is 10.0 Å². The van der Waals surface area contributed by atoms with Crippen LogP contribution >= 0.6 is 0 Å². The Labute approximate surface area is 245 Å². The van der Waals surface area contributed by atoms with Crippen molar-refractivity contribution in [1.82, 2.24) is 18.0 Å². The number of halogens is 2. The van der Waals surface area contributed by atoms with Crippen LogP contribution in [0.25, 0.3) is 16.6 Å². The summed E-state index contributed by atoms with van der Waals surface area (Å²) in [6.45, 7) is 3.00. The van der Waals surface area contributed by atoms with Gasteiger partial charge in [-0.1, -0.05) is 12.1 Å². The molecule has 1 saturated carbocycles. The van der Waals surface area contributed by atoms with Crippen LogP contribution in [0.3, 0.4) is 0 Å². The monoisotopic (exact) mass is 612 g/mol. The van der Waals surface area contributed by atoms with Gasteiger partial charge in [-0.2, -0.15) is 12.7 Å². The fraction of sp³-hybridized carbons (Fsp3) is 0.345. The van der Waals surface area contributed by atoms with E-state index >= 15 is 0 Å². The molecule has 226 valence electrons. The van der Waals surface area contributed by atoms with E-state index in [0.717, 1.165) is 8.87 Å². The Morgan fingerprint density at radius 3 is 2.37 bits per heavy atom. The molecule has 0 bridgehead atoms. The average molecular weight is 613 g/mol. The van der Waals surface area contributed by atoms with Crippen LogP contribution in [0.5, 0.6) is 0 Å². The van der Waals surface area contributed by atoms with Gasteiger partial charge in [0.15, 0.2) is 0 Å². The normalized spacial score (nSPS) is 17.5. The first kappa shape index (κ1) is 28.8. The van der Waals surface area contributed by atoms with E-state index in [-0.39, 0.29) is 64.9 Å². The van der Waals surface area contributed by atoms with Crippen LogP contribution in [0.15, 0.2) is 56.8 Å². The fourth-order valence-electron chi connectivity index (χ4n) is 5.53. The maximum absolute atomic E-state index is 14.9. The zero-order valence-corrected chi connectivity index (χ0v) is 24.5. The molecule has 2 N–H and O–H groups in total. The maximum Gasteiger partial charge on any atom is 0.336 e. The van der Waals surface area contributed by atoms with Gasteiger partial charge in [0, 0.05) is 31.7 Å². The molecule has 14 heteroatoms. The van der Waals surface area contributed by atoms with Gasteiger partial charge >= 0.3 is 15.9 Å². The molecule has 1 atom stereocenters. The van der Waals surface area contributed by atoms with Gasteiger partial charge in [0.05, 0.1) is 22.6 Å². The third kappa shape index (κ3) is 5.03. The Balaban J connectivity index is 1.59. The lowest BCUT2D eigenvalue weighted by Gasteiger charge is -2.21. The van der Waals surface area contributed by atoms with Crippen molar-refractivity contribution in [3.63, 3.8) is 0 Å². The zero-order chi connectivity index (χ0) is 30.8. The van der Waals surface area contributed by atoms with E-state index in [1.54, 1.807) is 19.1 Å². The van der Waals surface area contributed by atoms with Gasteiger partial charge in [-0.15, -0.1) is 0 Å². The second kappa shape index (κ2) is 10.5. The van der Waals surface area contributed by atoms with Crippen LogP contribution in [0.1, 0.15) is 36.4 Å². The highest BCUT2D eigenvalue weighted by atomic mass is 32.2. The quantitative estimate of drug-likeness (QED) is 0.330. The van der Waals surface area contributed by atoms with E-state index in [1.165, 1.54) is 53.4 Å². The van der Waals surface area contributed by atoms with Crippen molar-refractivity contribution in [2.45, 2.75) is 45.3 Å². The minimum atomic E-state index is -4.08. The van der Waals surface area contributed by atoms with E-state index < -0.39 is 39.0 Å². The summed E-state index contributed by atoms with van der Waals surface area (Å²) in [7, 11) is -2.63. The lowest BCUT2D eigenvalue weighted by atomic mass is 10.1. The summed E-state index contributed by atoms with van der Waals surface area (Å²) in [4.78, 5) is 41.4. The number of fused-ring (bicyclic) bond motifs is 1. The molecule has 6 rings (SSSR count). The van der Waals surface area contributed by atoms with Crippen LogP contribution in [0.4, 0.5) is 26.0 Å². The van der Waals surface area contributed by atoms with Crippen LogP contribution in [-0.4, -0.2) is 45.7 Å². The molecule has 0 amide bonds. The number of benzene rings is 2. The van der Waals surface area contributed by atoms with Gasteiger partial charge in [0.25, 0.3) is 11.1 Å². The largest absolute Gasteiger partial charge is 0.338 e. The van der Waals surface area contributed by atoms with E-state index in [4.69, 9.17) is 0 Å². The summed E-state index contributed by atoms with van der Waals surface area (Å²) >= 11 is 0. The van der Waals surface area contributed by atoms with Gasteiger partial charge in [-0.05, 0) is 69.0 Å². The second-order valence-corrected chi connectivity index (χ2v) is 12.8. The third-order valence-corrected chi connectivity index (χ3v) is 9.42. The Morgan fingerprint density at radius 2 is 1.72 bits per heavy atom. The number of hydrogen-bond donors (Lipinski definition) is 2. The molecule has 2 aromatic heterocycles. The van der Waals surface area contributed by atoms with Crippen molar-refractivity contribution in [3.05, 3.63) is 90.6 Å². The molecule has 1 saturated heterocycles. The van der Waals surface area contributed by atoms with Crippen molar-refractivity contribution in [2.24, 2.45) is 7.05 Å². The smallest absolute Gasteiger partial charge is 0.336 e. The topological polar surface area (TPSA) is 127 Å². The molecule has 0 radical (unpaired) electrons. The number of hydrogen-bond acceptors (Lipinski definition) is 6. The van der Waals surface area contributed by atoms with Crippen LogP contribution in [0.2, 0.25) is 0 Å². The molecule has 43 heavy (non-hydrogen) atoms. The molecule has 2 aromatic carbocycles. The molecule has 3 heterocycles. The maximum atomic E-state index is 14.9. The average Bonchev–Trinajstić information content (AvgIpc) is 3.68. The summed E-state index contributed by atoms with van der Waals surface area (Å²) in [5, 5.41) is 2.92. The molecule has 0 spiro atoms. The van der Waals surface area contributed by atoms with Crippen molar-refractivity contribution < 1.29 is 17.2 Å². The predicted octanol–water partition coefficient (Wildman–Crippen LogP) is 3.39. The molecule has 11 nitrogen and oxygen atoms in total. The van der Waals surface area contributed by atoms with E-state index in [0.29, 0.717) is 18.4 Å². The summed E-state index contributed by atoms with van der Waals surface area (Å²) in [5.74, 6) is -0.581. The Kier molecular flexibility index (Phi) is 7.00. The highest BCUT2D eigenvalue weighted by Gasteiger charge is 2.33. The number of nitrogens with zero attached hydrogens (tertiary/aromatic N) is 4. The lowest BCUT2D eigenvalue weighted by Crippen LogP contribution is -2.41. The van der Waals surface area contributed by atoms with Crippen LogP contribution in [-0.2, 0) is 17.3 Å². The number of alkyl halides is 1. The Hall–Kier alpha value is -4.30. The van der Waals surface area contributed by atoms with E-state index in [9.17, 15) is 31.6 Å². The standard InChI is InChI=1S/C29H30F2N6O5S/c1-16-7-10-23(22(31)13-16)32-26-24-25(17(2)27(38)34(26)3)36(29(40)37(28(24)39)20-8-9-20)21-6-4-5-19(14-21)33-43(41,42)35-12-11-18(30)15-35/h4-7,10,13-14,18,20,32-33H,8-9,11-12,15H2,1-3H3/t18-/m1/s1. The van der Waals surface area contributed by atoms with Crippen molar-refractivity contribution in [3.8, 4) is 5.69 Å². The molecule has 2 fully saturated rings. The summed E-state index contributed by atoms with van der Waals surface area (Å²) < 4.78 is 61.5. The fourth-order valence-corrected chi connectivity index (χ4v) is 6.79. The first-order valence-corrected chi connectivity index (χ1v) is 15.3. The van der Waals surface area contributed by atoms with Gasteiger partial charge in [0.1, 0.15) is 23.2 Å².